The van der Waals surface area contributed by atoms with Gasteiger partial charge in [0, 0.05) is 43.0 Å². The second-order valence-electron chi connectivity index (χ2n) is 8.44. The summed E-state index contributed by atoms with van der Waals surface area (Å²) in [5.41, 5.74) is 2.25. The predicted molar refractivity (Wildman–Crippen MR) is 119 cm³/mol. The lowest BCUT2D eigenvalue weighted by Gasteiger charge is -2.32. The third-order valence-corrected chi connectivity index (χ3v) is 7.63. The summed E-state index contributed by atoms with van der Waals surface area (Å²) in [5.74, 6) is 2.38. The van der Waals surface area contributed by atoms with E-state index in [1.165, 1.54) is 28.7 Å². The zero-order valence-corrected chi connectivity index (χ0v) is 18.5. The van der Waals surface area contributed by atoms with Crippen molar-refractivity contribution in [3.8, 4) is 0 Å². The Hall–Kier alpha value is -2.48. The molecule has 3 aromatic rings. The van der Waals surface area contributed by atoms with Gasteiger partial charge in [0.05, 0.1) is 17.6 Å². The first-order valence-corrected chi connectivity index (χ1v) is 11.7. The van der Waals surface area contributed by atoms with Gasteiger partial charge in [0.1, 0.15) is 22.8 Å². The van der Waals surface area contributed by atoms with Crippen LogP contribution in [0.5, 0.6) is 0 Å². The van der Waals surface area contributed by atoms with Gasteiger partial charge in [0.25, 0.3) is 0 Å². The smallest absolute Gasteiger partial charge is 0.223 e. The van der Waals surface area contributed by atoms with Gasteiger partial charge >= 0.3 is 0 Å². The Bertz CT molecular complexity index is 1060. The Kier molecular flexibility index (Phi) is 5.18. The maximum atomic E-state index is 12.7. The van der Waals surface area contributed by atoms with Crippen molar-refractivity contribution in [2.24, 2.45) is 5.92 Å². The van der Waals surface area contributed by atoms with Crippen molar-refractivity contribution in [3.63, 3.8) is 0 Å². The van der Waals surface area contributed by atoms with E-state index in [1.807, 2.05) is 0 Å². The highest BCUT2D eigenvalue weighted by molar-refractivity contribution is 7.18. The lowest BCUT2D eigenvalue weighted by molar-refractivity contribution is -0.125. The van der Waals surface area contributed by atoms with E-state index in [0.29, 0.717) is 6.54 Å². The minimum absolute atomic E-state index is 0.0566. The highest BCUT2D eigenvalue weighted by Crippen LogP contribution is 2.35. The van der Waals surface area contributed by atoms with Crippen LogP contribution < -0.4 is 10.2 Å². The number of hydrogen-bond acceptors (Lipinski definition) is 6. The second kappa shape index (κ2) is 7.98. The molecule has 1 N–H and O–H groups in total. The van der Waals surface area contributed by atoms with Gasteiger partial charge in [-0.2, -0.15) is 0 Å². The zero-order chi connectivity index (χ0) is 20.7. The van der Waals surface area contributed by atoms with Gasteiger partial charge in [-0.1, -0.05) is 0 Å². The van der Waals surface area contributed by atoms with Crippen molar-refractivity contribution in [2.45, 2.75) is 59.0 Å². The SMILES string of the molecule is Cc1sc2ncnc(N3CCC(C(=O)NCc4cn5c(n4)CCCC5)CC3)c2c1C. The first-order chi connectivity index (χ1) is 14.6. The molecule has 0 spiro atoms. The summed E-state index contributed by atoms with van der Waals surface area (Å²) in [6, 6.07) is 0. The molecule has 2 aliphatic heterocycles. The number of rotatable bonds is 4. The fraction of sp³-hybridized carbons (Fsp3) is 0.545. The number of anilines is 1. The first-order valence-electron chi connectivity index (χ1n) is 10.9. The minimum atomic E-state index is 0.0566. The summed E-state index contributed by atoms with van der Waals surface area (Å²) in [4.78, 5) is 31.1. The number of fused-ring (bicyclic) bond motifs is 2. The fourth-order valence-corrected chi connectivity index (χ4v) is 5.63. The number of imidazole rings is 1. The van der Waals surface area contributed by atoms with E-state index < -0.39 is 0 Å². The van der Waals surface area contributed by atoms with Crippen LogP contribution in [-0.2, 0) is 24.3 Å². The Morgan fingerprint density at radius 1 is 1.20 bits per heavy atom. The number of aryl methyl sites for hydroxylation is 4. The molecule has 3 aromatic heterocycles. The molecule has 0 saturated carbocycles. The zero-order valence-electron chi connectivity index (χ0n) is 17.6. The Labute approximate surface area is 180 Å². The molecule has 0 unspecified atom stereocenters. The van der Waals surface area contributed by atoms with Gasteiger partial charge in [-0.3, -0.25) is 4.79 Å². The van der Waals surface area contributed by atoms with E-state index in [9.17, 15) is 4.79 Å². The molecule has 30 heavy (non-hydrogen) atoms. The average molecular weight is 425 g/mol. The molecule has 7 nitrogen and oxygen atoms in total. The number of carbonyl (C=O) groups is 1. The predicted octanol–water partition coefficient (Wildman–Crippen LogP) is 3.37. The van der Waals surface area contributed by atoms with Crippen LogP contribution in [0.4, 0.5) is 5.82 Å². The summed E-state index contributed by atoms with van der Waals surface area (Å²) in [6.45, 7) is 7.55. The number of aromatic nitrogens is 4. The molecule has 5 heterocycles. The number of hydrogen-bond donors (Lipinski definition) is 1. The third-order valence-electron chi connectivity index (χ3n) is 6.51. The average Bonchev–Trinajstić information content (AvgIpc) is 3.32. The molecule has 158 valence electrons. The number of nitrogens with one attached hydrogen (secondary N) is 1. The van der Waals surface area contributed by atoms with Gasteiger partial charge < -0.3 is 14.8 Å². The molecule has 0 radical (unpaired) electrons. The first kappa shape index (κ1) is 19.5. The van der Waals surface area contributed by atoms with Crippen LogP contribution in [0.3, 0.4) is 0 Å². The quantitative estimate of drug-likeness (QED) is 0.695. The van der Waals surface area contributed by atoms with E-state index in [2.05, 4.69) is 49.8 Å². The minimum Gasteiger partial charge on any atom is -0.356 e. The third kappa shape index (κ3) is 3.57. The second-order valence-corrected chi connectivity index (χ2v) is 9.64. The topological polar surface area (TPSA) is 75.9 Å². The van der Waals surface area contributed by atoms with Crippen molar-refractivity contribution in [1.82, 2.24) is 24.8 Å². The molecule has 1 saturated heterocycles. The summed E-state index contributed by atoms with van der Waals surface area (Å²) in [5, 5.41) is 4.29. The van der Waals surface area contributed by atoms with Gasteiger partial charge in [-0.25, -0.2) is 15.0 Å². The van der Waals surface area contributed by atoms with Crippen LogP contribution in [0.2, 0.25) is 0 Å². The van der Waals surface area contributed by atoms with Gasteiger partial charge in [-0.05, 0) is 45.1 Å². The Morgan fingerprint density at radius 2 is 2.03 bits per heavy atom. The van der Waals surface area contributed by atoms with Crippen molar-refractivity contribution in [2.75, 3.05) is 18.0 Å². The van der Waals surface area contributed by atoms with Crippen molar-refractivity contribution >= 4 is 33.3 Å². The van der Waals surface area contributed by atoms with Crippen molar-refractivity contribution in [3.05, 3.63) is 34.5 Å². The van der Waals surface area contributed by atoms with Gasteiger partial charge in [-0.15, -0.1) is 11.3 Å². The molecular formula is C22H28N6OS. The molecular weight excluding hydrogens is 396 g/mol. The number of nitrogens with zero attached hydrogens (tertiary/aromatic N) is 5. The molecule has 5 rings (SSSR count). The number of piperidine rings is 1. The number of amides is 1. The van der Waals surface area contributed by atoms with Crippen LogP contribution in [-0.4, -0.2) is 38.5 Å². The maximum Gasteiger partial charge on any atom is 0.223 e. The summed E-state index contributed by atoms with van der Waals surface area (Å²) in [7, 11) is 0. The lowest BCUT2D eigenvalue weighted by atomic mass is 9.95. The Balaban J connectivity index is 1.20. The van der Waals surface area contributed by atoms with Gasteiger partial charge in [0.2, 0.25) is 5.91 Å². The Morgan fingerprint density at radius 3 is 2.83 bits per heavy atom. The highest BCUT2D eigenvalue weighted by Gasteiger charge is 2.27. The monoisotopic (exact) mass is 424 g/mol. The molecule has 0 aliphatic carbocycles. The largest absolute Gasteiger partial charge is 0.356 e. The molecule has 1 fully saturated rings. The van der Waals surface area contributed by atoms with E-state index in [1.54, 1.807) is 17.7 Å². The van der Waals surface area contributed by atoms with Crippen molar-refractivity contribution < 1.29 is 4.79 Å². The van der Waals surface area contributed by atoms with E-state index in [0.717, 1.165) is 61.1 Å². The highest BCUT2D eigenvalue weighted by atomic mass is 32.1. The normalized spacial score (nSPS) is 17.3. The molecule has 0 atom stereocenters. The van der Waals surface area contributed by atoms with Crippen LogP contribution in [0, 0.1) is 19.8 Å². The van der Waals surface area contributed by atoms with Gasteiger partial charge in [0.15, 0.2) is 0 Å². The number of thiophene rings is 1. The number of carbonyl (C=O) groups excluding carboxylic acids is 1. The fourth-order valence-electron chi connectivity index (χ4n) is 4.64. The summed E-state index contributed by atoms with van der Waals surface area (Å²) >= 11 is 1.73. The van der Waals surface area contributed by atoms with Crippen LogP contribution in [0.15, 0.2) is 12.5 Å². The molecule has 0 bridgehead atoms. The summed E-state index contributed by atoms with van der Waals surface area (Å²) in [6.07, 6.45) is 8.94. The van der Waals surface area contributed by atoms with Crippen LogP contribution in [0.25, 0.3) is 10.2 Å². The van der Waals surface area contributed by atoms with Crippen LogP contribution in [0.1, 0.15) is 47.6 Å². The molecule has 8 heteroatoms. The lowest BCUT2D eigenvalue weighted by Crippen LogP contribution is -2.40. The van der Waals surface area contributed by atoms with E-state index in [4.69, 9.17) is 0 Å². The van der Waals surface area contributed by atoms with Crippen molar-refractivity contribution in [1.29, 1.82) is 0 Å². The standard InChI is InChI=1S/C22H28N6OS/c1-14-15(2)30-22-19(14)20(24-13-25-22)27-9-6-16(7-10-27)21(29)23-11-17-12-28-8-4-3-5-18(28)26-17/h12-13,16H,3-11H2,1-2H3,(H,23,29). The molecule has 2 aliphatic rings. The molecule has 1 amide bonds. The van der Waals surface area contributed by atoms with Crippen LogP contribution >= 0.6 is 11.3 Å². The van der Waals surface area contributed by atoms with E-state index >= 15 is 0 Å². The molecule has 0 aromatic carbocycles. The summed E-state index contributed by atoms with van der Waals surface area (Å²) < 4.78 is 2.24. The van der Waals surface area contributed by atoms with E-state index in [-0.39, 0.29) is 11.8 Å². The maximum absolute atomic E-state index is 12.7.